The van der Waals surface area contributed by atoms with E-state index in [0.717, 1.165) is 6.07 Å². The SMILES string of the molecule is CC(C)CF.Cc1cc(F)c(F)c(OCC(C)C)c1F. The van der Waals surface area contributed by atoms with Gasteiger partial charge in [0.2, 0.25) is 5.82 Å². The van der Waals surface area contributed by atoms with Crippen LogP contribution in [0, 0.1) is 36.2 Å². The van der Waals surface area contributed by atoms with Crippen molar-refractivity contribution in [1.82, 2.24) is 0 Å². The summed E-state index contributed by atoms with van der Waals surface area (Å²) in [5.41, 5.74) is 0.0349. The van der Waals surface area contributed by atoms with E-state index in [1.165, 1.54) is 6.92 Å². The Kier molecular flexibility index (Phi) is 8.26. The Morgan fingerprint density at radius 2 is 1.50 bits per heavy atom. The van der Waals surface area contributed by atoms with E-state index in [-0.39, 0.29) is 30.7 Å². The number of ether oxygens (including phenoxy) is 1. The van der Waals surface area contributed by atoms with Gasteiger partial charge in [-0.15, -0.1) is 0 Å². The predicted octanol–water partition coefficient (Wildman–Crippen LogP) is 5.06. The van der Waals surface area contributed by atoms with Crippen LogP contribution in [0.25, 0.3) is 0 Å². The maximum absolute atomic E-state index is 13.4. The van der Waals surface area contributed by atoms with Crippen LogP contribution in [0.4, 0.5) is 17.6 Å². The molecule has 0 saturated carbocycles. The summed E-state index contributed by atoms with van der Waals surface area (Å²) in [5.74, 6) is -3.48. The fourth-order valence-corrected chi connectivity index (χ4v) is 1.08. The van der Waals surface area contributed by atoms with Crippen molar-refractivity contribution in [3.8, 4) is 5.75 Å². The molecule has 5 heteroatoms. The predicted molar refractivity (Wildman–Crippen MR) is 72.2 cm³/mol. The quantitative estimate of drug-likeness (QED) is 0.557. The Morgan fingerprint density at radius 3 is 1.90 bits per heavy atom. The lowest BCUT2D eigenvalue weighted by Gasteiger charge is -2.11. The van der Waals surface area contributed by atoms with Gasteiger partial charge in [0.05, 0.1) is 13.3 Å². The van der Waals surface area contributed by atoms with Crippen molar-refractivity contribution in [2.24, 2.45) is 11.8 Å². The van der Waals surface area contributed by atoms with Crippen molar-refractivity contribution in [3.63, 3.8) is 0 Å². The molecule has 116 valence electrons. The summed E-state index contributed by atoms with van der Waals surface area (Å²) in [7, 11) is 0. The Labute approximate surface area is 117 Å². The number of hydrogen-bond donors (Lipinski definition) is 0. The number of halogens is 4. The molecule has 0 amide bonds. The molecule has 0 spiro atoms. The van der Waals surface area contributed by atoms with Crippen molar-refractivity contribution < 1.29 is 22.3 Å². The lowest BCUT2D eigenvalue weighted by atomic mass is 10.2. The van der Waals surface area contributed by atoms with Gasteiger partial charge in [-0.3, -0.25) is 4.39 Å². The van der Waals surface area contributed by atoms with Crippen LogP contribution in [0.2, 0.25) is 0 Å². The standard InChI is InChI=1S/C11H13F3O.C4H9F/c1-6(2)5-15-11-9(13)7(3)4-8(12)10(11)14;1-4(2)3-5/h4,6H,5H2,1-3H3;4H,3H2,1-2H3. The Hall–Kier alpha value is -1.26. The highest BCUT2D eigenvalue weighted by Crippen LogP contribution is 2.27. The molecule has 0 aliphatic rings. The van der Waals surface area contributed by atoms with Crippen LogP contribution in [-0.2, 0) is 0 Å². The smallest absolute Gasteiger partial charge is 0.203 e. The zero-order valence-corrected chi connectivity index (χ0v) is 12.6. The first-order valence-electron chi connectivity index (χ1n) is 6.53. The van der Waals surface area contributed by atoms with Gasteiger partial charge in [-0.25, -0.2) is 8.78 Å². The van der Waals surface area contributed by atoms with Crippen LogP contribution in [0.15, 0.2) is 6.07 Å². The molecular weight excluding hydrogens is 272 g/mol. The van der Waals surface area contributed by atoms with Crippen molar-refractivity contribution in [1.29, 1.82) is 0 Å². The van der Waals surface area contributed by atoms with Crippen LogP contribution in [-0.4, -0.2) is 13.3 Å². The third kappa shape index (κ3) is 6.26. The van der Waals surface area contributed by atoms with Crippen LogP contribution in [0.5, 0.6) is 5.75 Å². The first kappa shape index (κ1) is 18.7. The molecule has 0 saturated heterocycles. The third-order valence-electron chi connectivity index (χ3n) is 2.17. The summed E-state index contributed by atoms with van der Waals surface area (Å²) in [6.45, 7) is 8.68. The fourth-order valence-electron chi connectivity index (χ4n) is 1.08. The number of benzene rings is 1. The lowest BCUT2D eigenvalue weighted by Crippen LogP contribution is -2.09. The van der Waals surface area contributed by atoms with Gasteiger partial charge >= 0.3 is 0 Å². The van der Waals surface area contributed by atoms with Gasteiger partial charge in [-0.2, -0.15) is 4.39 Å². The molecule has 0 aliphatic heterocycles. The molecule has 0 radical (unpaired) electrons. The van der Waals surface area contributed by atoms with Gasteiger partial charge in [0, 0.05) is 0 Å². The molecule has 1 nitrogen and oxygen atoms in total. The van der Waals surface area contributed by atoms with Crippen molar-refractivity contribution in [2.45, 2.75) is 34.6 Å². The first-order valence-corrected chi connectivity index (χ1v) is 6.53. The molecule has 0 heterocycles. The van der Waals surface area contributed by atoms with Gasteiger partial charge in [0.1, 0.15) is 0 Å². The van der Waals surface area contributed by atoms with Crippen LogP contribution in [0.3, 0.4) is 0 Å². The van der Waals surface area contributed by atoms with Crippen molar-refractivity contribution >= 4 is 0 Å². The lowest BCUT2D eigenvalue weighted by molar-refractivity contribution is 0.242. The molecule has 0 fully saturated rings. The highest BCUT2D eigenvalue weighted by molar-refractivity contribution is 5.33. The molecular formula is C15H22F4O. The molecule has 0 unspecified atom stereocenters. The van der Waals surface area contributed by atoms with E-state index in [4.69, 9.17) is 4.74 Å². The zero-order chi connectivity index (χ0) is 15.9. The summed E-state index contributed by atoms with van der Waals surface area (Å²) in [6.07, 6.45) is 0. The van der Waals surface area contributed by atoms with E-state index in [9.17, 15) is 17.6 Å². The van der Waals surface area contributed by atoms with E-state index in [0.29, 0.717) is 0 Å². The second-order valence-electron chi connectivity index (χ2n) is 5.39. The first-order chi connectivity index (χ1) is 9.20. The van der Waals surface area contributed by atoms with E-state index in [1.807, 2.05) is 27.7 Å². The van der Waals surface area contributed by atoms with Crippen LogP contribution in [0.1, 0.15) is 33.3 Å². The zero-order valence-electron chi connectivity index (χ0n) is 12.6. The summed E-state index contributed by atoms with van der Waals surface area (Å²) in [6, 6.07) is 0.812. The summed E-state index contributed by atoms with van der Waals surface area (Å²) < 4.78 is 55.5. The van der Waals surface area contributed by atoms with Gasteiger partial charge in [-0.05, 0) is 30.4 Å². The summed E-state index contributed by atoms with van der Waals surface area (Å²) in [5, 5.41) is 0. The number of aryl methyl sites for hydroxylation is 1. The van der Waals surface area contributed by atoms with E-state index in [2.05, 4.69) is 0 Å². The van der Waals surface area contributed by atoms with Crippen LogP contribution < -0.4 is 4.74 Å². The molecule has 1 aromatic rings. The average molecular weight is 294 g/mol. The number of alkyl halides is 1. The van der Waals surface area contributed by atoms with Crippen LogP contribution >= 0.6 is 0 Å². The molecule has 0 bridgehead atoms. The second-order valence-corrected chi connectivity index (χ2v) is 5.39. The van der Waals surface area contributed by atoms with Gasteiger partial charge in [-0.1, -0.05) is 27.7 Å². The molecule has 0 aromatic heterocycles. The maximum atomic E-state index is 13.4. The minimum absolute atomic E-state index is 0.0349. The van der Waals surface area contributed by atoms with E-state index in [1.54, 1.807) is 0 Å². The monoisotopic (exact) mass is 294 g/mol. The second kappa shape index (κ2) is 8.82. The minimum Gasteiger partial charge on any atom is -0.487 e. The highest BCUT2D eigenvalue weighted by atomic mass is 19.2. The minimum atomic E-state index is -1.27. The molecule has 0 aliphatic carbocycles. The van der Waals surface area contributed by atoms with Crippen molar-refractivity contribution in [3.05, 3.63) is 29.1 Å². The molecule has 1 rings (SSSR count). The fraction of sp³-hybridized carbons (Fsp3) is 0.600. The Bertz CT molecular complexity index is 391. The highest BCUT2D eigenvalue weighted by Gasteiger charge is 2.18. The van der Waals surface area contributed by atoms with Crippen molar-refractivity contribution in [2.75, 3.05) is 13.3 Å². The molecule has 1 aromatic carbocycles. The molecule has 0 N–H and O–H groups in total. The van der Waals surface area contributed by atoms with Gasteiger partial charge in [0.15, 0.2) is 17.4 Å². The van der Waals surface area contributed by atoms with E-state index >= 15 is 0 Å². The molecule has 0 atom stereocenters. The summed E-state index contributed by atoms with van der Waals surface area (Å²) >= 11 is 0. The van der Waals surface area contributed by atoms with Gasteiger partial charge < -0.3 is 4.74 Å². The third-order valence-corrected chi connectivity index (χ3v) is 2.17. The molecule has 20 heavy (non-hydrogen) atoms. The largest absolute Gasteiger partial charge is 0.487 e. The van der Waals surface area contributed by atoms with Gasteiger partial charge in [0.25, 0.3) is 0 Å². The Balaban J connectivity index is 0.000000621. The van der Waals surface area contributed by atoms with E-state index < -0.39 is 23.2 Å². The number of hydrogen-bond acceptors (Lipinski definition) is 1. The normalized spacial score (nSPS) is 10.6. The average Bonchev–Trinajstić information content (AvgIpc) is 2.36. The topological polar surface area (TPSA) is 9.23 Å². The number of rotatable bonds is 4. The maximum Gasteiger partial charge on any atom is 0.203 e. The summed E-state index contributed by atoms with van der Waals surface area (Å²) in [4.78, 5) is 0. The Morgan fingerprint density at radius 1 is 1.00 bits per heavy atom.